The minimum atomic E-state index is -0.211. The summed E-state index contributed by atoms with van der Waals surface area (Å²) in [6.45, 7) is 3.33. The fourth-order valence-corrected chi connectivity index (χ4v) is 4.52. The van der Waals surface area contributed by atoms with E-state index in [2.05, 4.69) is 34.1 Å². The summed E-state index contributed by atoms with van der Waals surface area (Å²) in [7, 11) is 0. The van der Waals surface area contributed by atoms with Crippen molar-refractivity contribution in [2.24, 2.45) is 0 Å². The lowest BCUT2D eigenvalue weighted by molar-refractivity contribution is -0.121. The van der Waals surface area contributed by atoms with E-state index < -0.39 is 0 Å². The number of nitrogens with zero attached hydrogens (tertiary/aromatic N) is 2. The zero-order chi connectivity index (χ0) is 24.0. The minimum Gasteiger partial charge on any atom is -0.493 e. The predicted octanol–water partition coefficient (Wildman–Crippen LogP) is 6.08. The molecule has 5 nitrogen and oxygen atoms in total. The molecule has 0 aliphatic rings. The van der Waals surface area contributed by atoms with Gasteiger partial charge in [-0.25, -0.2) is 4.98 Å². The van der Waals surface area contributed by atoms with Crippen LogP contribution in [0.5, 0.6) is 5.75 Å². The van der Waals surface area contributed by atoms with E-state index in [1.165, 1.54) is 5.39 Å². The highest BCUT2D eigenvalue weighted by atomic mass is 16.5. The van der Waals surface area contributed by atoms with E-state index in [9.17, 15) is 4.79 Å². The topological polar surface area (TPSA) is 56.2 Å². The Bertz CT molecular complexity index is 1440. The average molecular weight is 464 g/mol. The number of carbonyl (C=O) groups is 1. The second kappa shape index (κ2) is 10.4. The molecule has 0 bridgehead atoms. The normalized spacial score (nSPS) is 12.0. The first-order valence-electron chi connectivity index (χ1n) is 12.1. The van der Waals surface area contributed by atoms with Crippen LogP contribution in [0.25, 0.3) is 21.8 Å². The molecule has 5 aromatic rings. The van der Waals surface area contributed by atoms with Gasteiger partial charge in [0.2, 0.25) is 5.91 Å². The molecule has 176 valence electrons. The summed E-state index contributed by atoms with van der Waals surface area (Å²) in [5.74, 6) is 1.75. The number of aryl methyl sites for hydroxylation is 1. The lowest BCUT2D eigenvalue weighted by Gasteiger charge is -2.17. The number of benzene rings is 4. The van der Waals surface area contributed by atoms with Crippen molar-refractivity contribution in [1.29, 1.82) is 0 Å². The van der Waals surface area contributed by atoms with E-state index in [0.29, 0.717) is 13.0 Å². The monoisotopic (exact) mass is 463 g/mol. The Balaban J connectivity index is 1.28. The number of hydrogen-bond donors (Lipinski definition) is 1. The van der Waals surface area contributed by atoms with Gasteiger partial charge in [-0.05, 0) is 42.5 Å². The molecule has 0 saturated heterocycles. The van der Waals surface area contributed by atoms with Crippen molar-refractivity contribution in [3.63, 3.8) is 0 Å². The molecule has 1 heterocycles. The first-order valence-corrected chi connectivity index (χ1v) is 12.1. The molecule has 1 unspecified atom stereocenters. The number of carbonyl (C=O) groups excluding carboxylic acids is 1. The fourth-order valence-electron chi connectivity index (χ4n) is 4.52. The maximum atomic E-state index is 12.7. The number of nitrogens with one attached hydrogen (secondary N) is 1. The van der Waals surface area contributed by atoms with Gasteiger partial charge in [-0.15, -0.1) is 0 Å². The molecule has 1 amide bonds. The molecular weight excluding hydrogens is 434 g/mol. The number of ether oxygens (including phenoxy) is 1. The molecule has 1 aromatic heterocycles. The Morgan fingerprint density at radius 1 is 0.914 bits per heavy atom. The SMILES string of the molecule is CC(NC(=O)Cc1ccccc1)c1nc2ccccc2n1CCCOc1cccc2ccccc12. The van der Waals surface area contributed by atoms with E-state index in [4.69, 9.17) is 9.72 Å². The summed E-state index contributed by atoms with van der Waals surface area (Å²) < 4.78 is 8.36. The van der Waals surface area contributed by atoms with Gasteiger partial charge >= 0.3 is 0 Å². The molecule has 0 saturated carbocycles. The third kappa shape index (κ3) is 5.19. The largest absolute Gasteiger partial charge is 0.493 e. The van der Waals surface area contributed by atoms with Gasteiger partial charge in [0.1, 0.15) is 11.6 Å². The lowest BCUT2D eigenvalue weighted by atomic mass is 10.1. The molecule has 0 aliphatic carbocycles. The lowest BCUT2D eigenvalue weighted by Crippen LogP contribution is -2.30. The molecular formula is C30H29N3O2. The molecule has 0 aliphatic heterocycles. The van der Waals surface area contributed by atoms with Gasteiger partial charge in [0.05, 0.1) is 30.1 Å². The number of amides is 1. The first-order chi connectivity index (χ1) is 17.2. The van der Waals surface area contributed by atoms with Gasteiger partial charge in [0.15, 0.2) is 0 Å². The zero-order valence-electron chi connectivity index (χ0n) is 19.9. The van der Waals surface area contributed by atoms with E-state index in [1.807, 2.05) is 79.7 Å². The highest BCUT2D eigenvalue weighted by molar-refractivity contribution is 5.88. The summed E-state index contributed by atoms with van der Waals surface area (Å²) in [5, 5.41) is 5.43. The summed E-state index contributed by atoms with van der Waals surface area (Å²) >= 11 is 0. The third-order valence-electron chi connectivity index (χ3n) is 6.19. The fraction of sp³-hybridized carbons (Fsp3) is 0.200. The van der Waals surface area contributed by atoms with Crippen LogP contribution in [0.2, 0.25) is 0 Å². The minimum absolute atomic E-state index is 0.0124. The highest BCUT2D eigenvalue weighted by Crippen LogP contribution is 2.26. The predicted molar refractivity (Wildman–Crippen MR) is 140 cm³/mol. The Morgan fingerprint density at radius 2 is 1.66 bits per heavy atom. The number of para-hydroxylation sites is 2. The van der Waals surface area contributed by atoms with Crippen molar-refractivity contribution in [1.82, 2.24) is 14.9 Å². The van der Waals surface area contributed by atoms with Gasteiger partial charge < -0.3 is 14.6 Å². The van der Waals surface area contributed by atoms with Crippen molar-refractivity contribution in [2.45, 2.75) is 32.4 Å². The van der Waals surface area contributed by atoms with Crippen LogP contribution in [-0.2, 0) is 17.8 Å². The van der Waals surface area contributed by atoms with Gasteiger partial charge in [0.25, 0.3) is 0 Å². The summed E-state index contributed by atoms with van der Waals surface area (Å²) in [4.78, 5) is 17.5. The number of imidazole rings is 1. The molecule has 1 atom stereocenters. The van der Waals surface area contributed by atoms with Crippen LogP contribution in [-0.4, -0.2) is 22.1 Å². The van der Waals surface area contributed by atoms with Crippen LogP contribution < -0.4 is 10.1 Å². The van der Waals surface area contributed by atoms with E-state index in [1.54, 1.807) is 0 Å². The molecule has 5 heteroatoms. The van der Waals surface area contributed by atoms with Crippen molar-refractivity contribution >= 4 is 27.7 Å². The Labute approximate surface area is 205 Å². The van der Waals surface area contributed by atoms with Gasteiger partial charge in [-0.2, -0.15) is 0 Å². The standard InChI is InChI=1S/C30H29N3O2/c1-22(31-29(34)21-23-11-3-2-4-12-23)30-32-26-16-7-8-17-27(26)33(30)19-10-20-35-28-18-9-14-24-13-5-6-15-25(24)28/h2-9,11-18,22H,10,19-21H2,1H3,(H,31,34). The molecule has 0 spiro atoms. The molecule has 5 rings (SSSR count). The number of fused-ring (bicyclic) bond motifs is 2. The summed E-state index contributed by atoms with van der Waals surface area (Å²) in [6.07, 6.45) is 1.17. The van der Waals surface area contributed by atoms with E-state index in [0.717, 1.165) is 46.5 Å². The van der Waals surface area contributed by atoms with Crippen molar-refractivity contribution < 1.29 is 9.53 Å². The molecule has 0 fully saturated rings. The van der Waals surface area contributed by atoms with Crippen LogP contribution in [0.3, 0.4) is 0 Å². The Kier molecular flexibility index (Phi) is 6.75. The maximum absolute atomic E-state index is 12.7. The van der Waals surface area contributed by atoms with Gasteiger partial charge in [-0.3, -0.25) is 4.79 Å². The number of hydrogen-bond acceptors (Lipinski definition) is 3. The van der Waals surface area contributed by atoms with Crippen molar-refractivity contribution in [3.05, 3.63) is 108 Å². The van der Waals surface area contributed by atoms with E-state index in [-0.39, 0.29) is 11.9 Å². The van der Waals surface area contributed by atoms with Gasteiger partial charge in [0, 0.05) is 11.9 Å². The summed E-state index contributed by atoms with van der Waals surface area (Å²) in [6, 6.07) is 32.1. The van der Waals surface area contributed by atoms with Crippen molar-refractivity contribution in [2.75, 3.05) is 6.61 Å². The zero-order valence-corrected chi connectivity index (χ0v) is 19.9. The molecule has 0 radical (unpaired) electrons. The van der Waals surface area contributed by atoms with Crippen molar-refractivity contribution in [3.8, 4) is 5.75 Å². The second-order valence-electron chi connectivity index (χ2n) is 8.74. The quantitative estimate of drug-likeness (QED) is 0.270. The first kappa shape index (κ1) is 22.7. The maximum Gasteiger partial charge on any atom is 0.224 e. The number of rotatable bonds is 9. The van der Waals surface area contributed by atoms with Crippen LogP contribution in [0, 0.1) is 0 Å². The third-order valence-corrected chi connectivity index (χ3v) is 6.19. The van der Waals surface area contributed by atoms with Crippen LogP contribution in [0.1, 0.15) is 30.8 Å². The van der Waals surface area contributed by atoms with Crippen LogP contribution in [0.4, 0.5) is 0 Å². The Hall–Kier alpha value is -4.12. The van der Waals surface area contributed by atoms with Crippen LogP contribution in [0.15, 0.2) is 97.1 Å². The second-order valence-corrected chi connectivity index (χ2v) is 8.74. The molecule has 1 N–H and O–H groups in total. The number of aromatic nitrogens is 2. The molecule has 4 aromatic carbocycles. The Morgan fingerprint density at radius 3 is 2.54 bits per heavy atom. The highest BCUT2D eigenvalue weighted by Gasteiger charge is 2.18. The van der Waals surface area contributed by atoms with Crippen LogP contribution >= 0.6 is 0 Å². The smallest absolute Gasteiger partial charge is 0.224 e. The average Bonchev–Trinajstić information content (AvgIpc) is 3.26. The molecule has 35 heavy (non-hydrogen) atoms. The van der Waals surface area contributed by atoms with Gasteiger partial charge in [-0.1, -0.05) is 78.9 Å². The van der Waals surface area contributed by atoms with E-state index >= 15 is 0 Å². The summed E-state index contributed by atoms with van der Waals surface area (Å²) in [5.41, 5.74) is 3.00.